The van der Waals surface area contributed by atoms with Crippen LogP contribution in [0.2, 0.25) is 17.1 Å². The Kier molecular flexibility index (Phi) is 13.1. The smallest absolute Gasteiger partial charge is 0.337 e. The number of nitrogens with zero attached hydrogens (tertiary/aromatic N) is 5. The number of aromatic nitrogens is 3. The van der Waals surface area contributed by atoms with Crippen LogP contribution in [-0.4, -0.2) is 92.8 Å². The Balaban J connectivity index is 1.26. The van der Waals surface area contributed by atoms with E-state index in [2.05, 4.69) is 55.8 Å². The van der Waals surface area contributed by atoms with Crippen LogP contribution in [0.1, 0.15) is 34.9 Å². The van der Waals surface area contributed by atoms with Gasteiger partial charge >= 0.3 is 14.5 Å². The Hall–Kier alpha value is -3.40. The van der Waals surface area contributed by atoms with Crippen molar-refractivity contribution in [3.8, 4) is 0 Å². The Morgan fingerprint density at radius 1 is 1.09 bits per heavy atom. The van der Waals surface area contributed by atoms with Crippen LogP contribution in [0.25, 0.3) is 0 Å². The maximum absolute atomic E-state index is 12.9. The minimum absolute atomic E-state index is 0.191. The zero-order valence-electron chi connectivity index (χ0n) is 26.8. The molecular formula is C31H42ClN7O5SSi. The van der Waals surface area contributed by atoms with E-state index in [0.717, 1.165) is 62.3 Å². The van der Waals surface area contributed by atoms with Gasteiger partial charge in [0.15, 0.2) is 5.13 Å². The van der Waals surface area contributed by atoms with Crippen molar-refractivity contribution < 1.29 is 23.2 Å². The lowest BCUT2D eigenvalue weighted by Crippen LogP contribution is -2.49. The molecule has 3 heterocycles. The van der Waals surface area contributed by atoms with Crippen molar-refractivity contribution in [2.24, 2.45) is 0 Å². The van der Waals surface area contributed by atoms with Crippen LogP contribution in [0.15, 0.2) is 43.1 Å². The Morgan fingerprint density at radius 2 is 1.83 bits per heavy atom. The molecule has 1 aliphatic heterocycles. The number of aryl methyl sites for hydroxylation is 2. The van der Waals surface area contributed by atoms with Gasteiger partial charge in [-0.1, -0.05) is 55.5 Å². The number of carbonyl (C=O) groups is 2. The van der Waals surface area contributed by atoms with Gasteiger partial charge in [-0.3, -0.25) is 9.69 Å². The highest BCUT2D eigenvalue weighted by Crippen LogP contribution is 2.28. The molecule has 1 aromatic carbocycles. The Morgan fingerprint density at radius 3 is 2.52 bits per heavy atom. The minimum atomic E-state index is -2.36. The molecule has 1 fully saturated rings. The van der Waals surface area contributed by atoms with Crippen LogP contribution >= 0.6 is 22.9 Å². The number of hydrogen-bond donors (Lipinski definition) is 2. The van der Waals surface area contributed by atoms with Crippen molar-refractivity contribution in [1.82, 2.24) is 19.9 Å². The standard InChI is InChI=1S/C31H42ClN7O5SSi/c1-6-28(40)42-18-19-44-46(7-2,8-3)43-17-16-38-12-14-39(15-13-38)27-20-26(34-23(5)35-27)36-31-33-21-25(45-31)30(41)37-29-22(4)10-9-11-24(29)32/h6,9-11,20-21H,1,7-8,12-19H2,2-5H3,(H,37,41)(H,33,34,35,36). The molecule has 0 aliphatic carbocycles. The van der Waals surface area contributed by atoms with E-state index in [9.17, 15) is 9.59 Å². The molecule has 12 nitrogen and oxygen atoms in total. The number of piperazine rings is 1. The maximum Gasteiger partial charge on any atom is 0.337 e. The van der Waals surface area contributed by atoms with E-state index in [-0.39, 0.29) is 12.5 Å². The molecule has 1 amide bonds. The van der Waals surface area contributed by atoms with Gasteiger partial charge in [-0.2, -0.15) is 0 Å². The number of para-hydroxylation sites is 1. The van der Waals surface area contributed by atoms with Gasteiger partial charge in [-0.15, -0.1) is 0 Å². The van der Waals surface area contributed by atoms with E-state index in [1.807, 2.05) is 32.0 Å². The third-order valence-electron chi connectivity index (χ3n) is 7.66. The third-order valence-corrected chi connectivity index (χ3v) is 12.5. The van der Waals surface area contributed by atoms with Gasteiger partial charge in [-0.25, -0.2) is 19.7 Å². The van der Waals surface area contributed by atoms with E-state index in [1.165, 1.54) is 17.5 Å². The molecule has 1 aliphatic rings. The van der Waals surface area contributed by atoms with Crippen LogP contribution in [0, 0.1) is 13.8 Å². The van der Waals surface area contributed by atoms with Crippen molar-refractivity contribution in [2.45, 2.75) is 39.8 Å². The molecule has 0 bridgehead atoms. The van der Waals surface area contributed by atoms with E-state index < -0.39 is 14.5 Å². The fourth-order valence-electron chi connectivity index (χ4n) is 4.98. The summed E-state index contributed by atoms with van der Waals surface area (Å²) in [6, 6.07) is 9.04. The number of carbonyl (C=O) groups excluding carboxylic acids is 2. The summed E-state index contributed by atoms with van der Waals surface area (Å²) in [5.74, 6) is 1.36. The van der Waals surface area contributed by atoms with Gasteiger partial charge in [0.05, 0.1) is 23.5 Å². The first kappa shape index (κ1) is 35.5. The molecular weight excluding hydrogens is 646 g/mol. The highest BCUT2D eigenvalue weighted by atomic mass is 35.5. The predicted molar refractivity (Wildman–Crippen MR) is 185 cm³/mol. The average Bonchev–Trinajstić information content (AvgIpc) is 3.52. The van der Waals surface area contributed by atoms with Crippen LogP contribution in [0.5, 0.6) is 0 Å². The molecule has 0 radical (unpaired) electrons. The number of hydrogen-bond acceptors (Lipinski definition) is 12. The van der Waals surface area contributed by atoms with Crippen molar-refractivity contribution in [3.05, 3.63) is 64.4 Å². The van der Waals surface area contributed by atoms with Gasteiger partial charge in [0.1, 0.15) is 28.9 Å². The highest BCUT2D eigenvalue weighted by molar-refractivity contribution is 7.17. The summed E-state index contributed by atoms with van der Waals surface area (Å²) in [4.78, 5) is 42.8. The number of nitrogens with one attached hydrogen (secondary N) is 2. The number of anilines is 4. The number of halogens is 1. The van der Waals surface area contributed by atoms with E-state index >= 15 is 0 Å². The third kappa shape index (κ3) is 9.80. The first-order chi connectivity index (χ1) is 22.1. The summed E-state index contributed by atoms with van der Waals surface area (Å²) in [6.07, 6.45) is 2.68. The molecule has 2 aromatic heterocycles. The molecule has 15 heteroatoms. The minimum Gasteiger partial charge on any atom is -0.460 e. The number of benzene rings is 1. The molecule has 1 saturated heterocycles. The van der Waals surface area contributed by atoms with Gasteiger partial charge in [0.2, 0.25) is 0 Å². The number of esters is 1. The molecule has 248 valence electrons. The first-order valence-electron chi connectivity index (χ1n) is 15.3. The zero-order chi connectivity index (χ0) is 33.1. The Bertz CT molecular complexity index is 1480. The molecule has 3 aromatic rings. The molecule has 0 saturated carbocycles. The van der Waals surface area contributed by atoms with Crippen LogP contribution in [-0.2, 0) is 18.4 Å². The summed E-state index contributed by atoms with van der Waals surface area (Å²) < 4.78 is 17.5. The zero-order valence-corrected chi connectivity index (χ0v) is 29.4. The van der Waals surface area contributed by atoms with Gasteiger partial charge in [-0.05, 0) is 37.6 Å². The number of ether oxygens (including phenoxy) is 1. The number of rotatable bonds is 16. The summed E-state index contributed by atoms with van der Waals surface area (Å²) in [7, 11) is -2.36. The van der Waals surface area contributed by atoms with Crippen molar-refractivity contribution in [2.75, 3.05) is 68.1 Å². The van der Waals surface area contributed by atoms with Crippen molar-refractivity contribution >= 4 is 65.8 Å². The number of thiazole rings is 1. The van der Waals surface area contributed by atoms with E-state index in [0.29, 0.717) is 45.6 Å². The fraction of sp³-hybridized carbons (Fsp3) is 0.452. The van der Waals surface area contributed by atoms with Gasteiger partial charge in [0, 0.05) is 51.5 Å². The second kappa shape index (κ2) is 17.0. The summed E-state index contributed by atoms with van der Waals surface area (Å²) in [5.41, 5.74) is 1.47. The SMILES string of the molecule is C=CC(=O)OCCO[Si](CC)(CC)OCCN1CCN(c2cc(Nc3ncc(C(=O)Nc4c(C)cccc4Cl)s3)nc(C)n2)CC1. The molecule has 4 rings (SSSR count). The molecule has 0 atom stereocenters. The molecule has 2 N–H and O–H groups in total. The van der Waals surface area contributed by atoms with Crippen LogP contribution in [0.3, 0.4) is 0 Å². The second-order valence-corrected chi connectivity index (χ2v) is 16.0. The fourth-order valence-corrected chi connectivity index (χ4v) is 8.29. The average molecular weight is 688 g/mol. The summed E-state index contributed by atoms with van der Waals surface area (Å²) >= 11 is 7.51. The first-order valence-corrected chi connectivity index (χ1v) is 18.8. The van der Waals surface area contributed by atoms with Gasteiger partial charge < -0.3 is 29.1 Å². The lowest BCUT2D eigenvalue weighted by atomic mass is 10.2. The van der Waals surface area contributed by atoms with Gasteiger partial charge in [0.25, 0.3) is 5.91 Å². The van der Waals surface area contributed by atoms with Crippen LogP contribution < -0.4 is 15.5 Å². The van der Waals surface area contributed by atoms with Crippen molar-refractivity contribution in [3.63, 3.8) is 0 Å². The topological polar surface area (TPSA) is 131 Å². The maximum atomic E-state index is 12.9. The largest absolute Gasteiger partial charge is 0.460 e. The second-order valence-electron chi connectivity index (χ2n) is 10.7. The monoisotopic (exact) mass is 687 g/mol. The number of amides is 1. The molecule has 0 unspecified atom stereocenters. The molecule has 46 heavy (non-hydrogen) atoms. The Labute approximate surface area is 280 Å². The van der Waals surface area contributed by atoms with E-state index in [4.69, 9.17) is 25.2 Å². The summed E-state index contributed by atoms with van der Waals surface area (Å²) in [6.45, 7) is 16.6. The quantitative estimate of drug-likeness (QED) is 0.0849. The highest BCUT2D eigenvalue weighted by Gasteiger charge is 2.34. The van der Waals surface area contributed by atoms with Crippen LogP contribution in [0.4, 0.5) is 22.5 Å². The molecule has 0 spiro atoms. The van der Waals surface area contributed by atoms with Crippen molar-refractivity contribution in [1.29, 1.82) is 0 Å². The van der Waals surface area contributed by atoms with E-state index in [1.54, 1.807) is 6.07 Å². The lowest BCUT2D eigenvalue weighted by molar-refractivity contribution is -0.138. The lowest BCUT2D eigenvalue weighted by Gasteiger charge is -2.36. The summed E-state index contributed by atoms with van der Waals surface area (Å²) in [5, 5.41) is 7.15. The normalized spacial score (nSPS) is 13.8. The predicted octanol–water partition coefficient (Wildman–Crippen LogP) is 5.57.